The van der Waals surface area contributed by atoms with Crippen molar-refractivity contribution in [2.45, 2.75) is 0 Å². The largest absolute Gasteiger partial charge is 0.454 e. The third kappa shape index (κ3) is 1.97. The predicted octanol–water partition coefficient (Wildman–Crippen LogP) is 3.82. The van der Waals surface area contributed by atoms with E-state index in [2.05, 4.69) is 9.97 Å². The molecule has 0 atom stereocenters. The van der Waals surface area contributed by atoms with E-state index < -0.39 is 5.82 Å². The van der Waals surface area contributed by atoms with Crippen LogP contribution in [0, 0.1) is 5.82 Å². The molecule has 0 saturated carbocycles. The number of benzene rings is 2. The van der Waals surface area contributed by atoms with E-state index in [4.69, 9.17) is 21.1 Å². The van der Waals surface area contributed by atoms with E-state index in [1.54, 1.807) is 30.3 Å². The molecule has 104 valence electrons. The summed E-state index contributed by atoms with van der Waals surface area (Å²) in [6.45, 7) is 0.164. The lowest BCUT2D eigenvalue weighted by atomic mass is 10.1. The Labute approximate surface area is 124 Å². The third-order valence-corrected chi connectivity index (χ3v) is 3.55. The molecule has 3 aromatic rings. The van der Waals surface area contributed by atoms with Gasteiger partial charge in [-0.05, 0) is 18.2 Å². The minimum Gasteiger partial charge on any atom is -0.454 e. The van der Waals surface area contributed by atoms with Crippen LogP contribution in [0.2, 0.25) is 5.15 Å². The molecule has 0 saturated heterocycles. The normalized spacial score (nSPS) is 12.9. The first-order valence-corrected chi connectivity index (χ1v) is 6.62. The van der Waals surface area contributed by atoms with Crippen LogP contribution in [0.1, 0.15) is 0 Å². The minimum atomic E-state index is -0.395. The fraction of sp³-hybridized carbons (Fsp3) is 0.0667. The van der Waals surface area contributed by atoms with Gasteiger partial charge in [-0.15, -0.1) is 0 Å². The van der Waals surface area contributed by atoms with Gasteiger partial charge < -0.3 is 9.47 Å². The van der Waals surface area contributed by atoms with Crippen molar-refractivity contribution in [3.05, 3.63) is 47.4 Å². The quantitative estimate of drug-likeness (QED) is 0.641. The molecule has 1 aliphatic heterocycles. The molecular formula is C15H8ClFN2O2. The number of nitrogens with zero attached hydrogens (tertiary/aromatic N) is 2. The second-order valence-corrected chi connectivity index (χ2v) is 4.90. The van der Waals surface area contributed by atoms with Gasteiger partial charge in [0.15, 0.2) is 17.3 Å². The number of ether oxygens (including phenoxy) is 2. The van der Waals surface area contributed by atoms with Gasteiger partial charge in [0.05, 0.1) is 11.1 Å². The Hall–Kier alpha value is -2.40. The van der Waals surface area contributed by atoms with Gasteiger partial charge in [0.2, 0.25) is 6.79 Å². The monoisotopic (exact) mass is 302 g/mol. The first kappa shape index (κ1) is 12.3. The number of fused-ring (bicyclic) bond motifs is 2. The van der Waals surface area contributed by atoms with Crippen molar-refractivity contribution in [1.82, 2.24) is 9.97 Å². The van der Waals surface area contributed by atoms with Crippen molar-refractivity contribution < 1.29 is 13.9 Å². The van der Waals surface area contributed by atoms with Crippen LogP contribution in [0.5, 0.6) is 11.5 Å². The van der Waals surface area contributed by atoms with Crippen LogP contribution < -0.4 is 9.47 Å². The zero-order valence-corrected chi connectivity index (χ0v) is 11.4. The first-order valence-electron chi connectivity index (χ1n) is 6.24. The summed E-state index contributed by atoms with van der Waals surface area (Å²) < 4.78 is 24.5. The van der Waals surface area contributed by atoms with Crippen LogP contribution >= 0.6 is 11.6 Å². The predicted molar refractivity (Wildman–Crippen MR) is 76.1 cm³/mol. The fourth-order valence-electron chi connectivity index (χ4n) is 2.24. The zero-order chi connectivity index (χ0) is 14.4. The summed E-state index contributed by atoms with van der Waals surface area (Å²) in [7, 11) is 0. The highest BCUT2D eigenvalue weighted by Crippen LogP contribution is 2.38. The summed E-state index contributed by atoms with van der Waals surface area (Å²) in [5.74, 6) is 1.04. The van der Waals surface area contributed by atoms with E-state index in [1.165, 1.54) is 6.07 Å². The molecule has 4 rings (SSSR count). The van der Waals surface area contributed by atoms with Crippen molar-refractivity contribution in [2.24, 2.45) is 0 Å². The van der Waals surface area contributed by atoms with E-state index in [-0.39, 0.29) is 17.8 Å². The van der Waals surface area contributed by atoms with Crippen molar-refractivity contribution in [2.75, 3.05) is 6.79 Å². The molecule has 21 heavy (non-hydrogen) atoms. The molecule has 1 aliphatic rings. The van der Waals surface area contributed by atoms with E-state index >= 15 is 0 Å². The van der Waals surface area contributed by atoms with Gasteiger partial charge in [-0.3, -0.25) is 0 Å². The second-order valence-electron chi connectivity index (χ2n) is 4.54. The van der Waals surface area contributed by atoms with Crippen LogP contribution in [0.4, 0.5) is 4.39 Å². The van der Waals surface area contributed by atoms with Crippen LogP contribution in [0.15, 0.2) is 36.4 Å². The molecular weight excluding hydrogens is 295 g/mol. The highest BCUT2D eigenvalue weighted by atomic mass is 35.5. The number of aromatic nitrogens is 2. The topological polar surface area (TPSA) is 44.2 Å². The van der Waals surface area contributed by atoms with Crippen molar-refractivity contribution >= 4 is 22.5 Å². The van der Waals surface area contributed by atoms with Gasteiger partial charge in [0.25, 0.3) is 0 Å². The van der Waals surface area contributed by atoms with E-state index in [0.29, 0.717) is 28.0 Å². The molecule has 2 heterocycles. The Morgan fingerprint density at radius 2 is 1.81 bits per heavy atom. The molecule has 0 amide bonds. The zero-order valence-electron chi connectivity index (χ0n) is 10.6. The molecule has 2 aromatic carbocycles. The van der Waals surface area contributed by atoms with Gasteiger partial charge >= 0.3 is 0 Å². The Morgan fingerprint density at radius 3 is 2.62 bits per heavy atom. The van der Waals surface area contributed by atoms with Crippen molar-refractivity contribution in [3.63, 3.8) is 0 Å². The maximum Gasteiger partial charge on any atom is 0.231 e. The SMILES string of the molecule is Fc1ccccc1-c1nc(Cl)c2cc3c(cc2n1)OCO3. The highest BCUT2D eigenvalue weighted by molar-refractivity contribution is 6.34. The summed E-state index contributed by atoms with van der Waals surface area (Å²) >= 11 is 6.20. The molecule has 6 heteroatoms. The minimum absolute atomic E-state index is 0.164. The molecule has 0 fully saturated rings. The van der Waals surface area contributed by atoms with Crippen LogP contribution in [0.25, 0.3) is 22.3 Å². The van der Waals surface area contributed by atoms with Gasteiger partial charge in [0.1, 0.15) is 11.0 Å². The summed E-state index contributed by atoms with van der Waals surface area (Å²) in [5.41, 5.74) is 0.886. The average molecular weight is 303 g/mol. The Kier molecular flexibility index (Phi) is 2.68. The Bertz CT molecular complexity index is 870. The lowest BCUT2D eigenvalue weighted by molar-refractivity contribution is 0.174. The molecule has 0 aliphatic carbocycles. The summed E-state index contributed by atoms with van der Waals surface area (Å²) in [6.07, 6.45) is 0. The average Bonchev–Trinajstić information content (AvgIpc) is 2.93. The molecule has 0 N–H and O–H groups in total. The number of halogens is 2. The summed E-state index contributed by atoms with van der Waals surface area (Å²) in [6, 6.07) is 9.75. The Balaban J connectivity index is 1.97. The van der Waals surface area contributed by atoms with Gasteiger partial charge in [-0.1, -0.05) is 23.7 Å². The smallest absolute Gasteiger partial charge is 0.231 e. The van der Waals surface area contributed by atoms with Crippen LogP contribution in [-0.4, -0.2) is 16.8 Å². The first-order chi connectivity index (χ1) is 10.2. The molecule has 0 spiro atoms. The highest BCUT2D eigenvalue weighted by Gasteiger charge is 2.18. The fourth-order valence-corrected chi connectivity index (χ4v) is 2.48. The van der Waals surface area contributed by atoms with Crippen molar-refractivity contribution in [1.29, 1.82) is 0 Å². The molecule has 0 bridgehead atoms. The lowest BCUT2D eigenvalue weighted by Gasteiger charge is -2.06. The maximum atomic E-state index is 13.9. The third-order valence-electron chi connectivity index (χ3n) is 3.26. The molecule has 4 nitrogen and oxygen atoms in total. The van der Waals surface area contributed by atoms with Gasteiger partial charge in [-0.25, -0.2) is 14.4 Å². The standard InChI is InChI=1S/C15H8ClFN2O2/c16-14-9-5-12-13(21-7-20-12)6-11(9)18-15(19-14)8-3-1-2-4-10(8)17/h1-6H,7H2. The van der Waals surface area contributed by atoms with Gasteiger partial charge in [-0.2, -0.15) is 0 Å². The molecule has 1 aromatic heterocycles. The van der Waals surface area contributed by atoms with E-state index in [0.717, 1.165) is 0 Å². The lowest BCUT2D eigenvalue weighted by Crippen LogP contribution is -1.94. The maximum absolute atomic E-state index is 13.9. The molecule has 0 radical (unpaired) electrons. The van der Waals surface area contributed by atoms with Gasteiger partial charge in [0, 0.05) is 11.5 Å². The summed E-state index contributed by atoms with van der Waals surface area (Å²) in [5, 5.41) is 0.887. The summed E-state index contributed by atoms with van der Waals surface area (Å²) in [4.78, 5) is 8.55. The van der Waals surface area contributed by atoms with Crippen molar-refractivity contribution in [3.8, 4) is 22.9 Å². The number of hydrogen-bond acceptors (Lipinski definition) is 4. The van der Waals surface area contributed by atoms with E-state index in [9.17, 15) is 4.39 Å². The van der Waals surface area contributed by atoms with Crippen LogP contribution in [-0.2, 0) is 0 Å². The van der Waals surface area contributed by atoms with E-state index in [1.807, 2.05) is 0 Å². The Morgan fingerprint density at radius 1 is 1.05 bits per heavy atom. The number of hydrogen-bond donors (Lipinski definition) is 0. The van der Waals surface area contributed by atoms with Crippen LogP contribution in [0.3, 0.4) is 0 Å². The molecule has 0 unspecified atom stereocenters. The second kappa shape index (κ2) is 4.56. The number of rotatable bonds is 1.